The van der Waals surface area contributed by atoms with E-state index in [1.807, 2.05) is 0 Å². The molecule has 1 aliphatic heterocycles. The first-order valence-corrected chi connectivity index (χ1v) is 6.66. The zero-order valence-corrected chi connectivity index (χ0v) is 11.6. The number of quaternary nitrogens is 1. The number of phenols is 1. The van der Waals surface area contributed by atoms with E-state index in [9.17, 15) is 9.90 Å². The van der Waals surface area contributed by atoms with Gasteiger partial charge in [-0.15, -0.1) is 0 Å². The first kappa shape index (κ1) is 14.6. The molecule has 0 atom stereocenters. The average Bonchev–Trinajstić information content (AvgIpc) is 2.48. The molecular formula is C14H20NO5+. The van der Waals surface area contributed by atoms with E-state index >= 15 is 0 Å². The van der Waals surface area contributed by atoms with Crippen LogP contribution in [-0.4, -0.2) is 57.6 Å². The monoisotopic (exact) mass is 282 g/mol. The molecule has 0 radical (unpaired) electrons. The minimum absolute atomic E-state index is 0.131. The fourth-order valence-electron chi connectivity index (χ4n) is 2.09. The lowest BCUT2D eigenvalue weighted by molar-refractivity contribution is -0.908. The van der Waals surface area contributed by atoms with E-state index in [2.05, 4.69) is 0 Å². The second-order valence-corrected chi connectivity index (χ2v) is 4.63. The summed E-state index contributed by atoms with van der Waals surface area (Å²) in [4.78, 5) is 13.2. The van der Waals surface area contributed by atoms with Crippen LogP contribution in [0.3, 0.4) is 0 Å². The molecule has 0 spiro atoms. The van der Waals surface area contributed by atoms with Crippen molar-refractivity contribution in [2.45, 2.75) is 0 Å². The van der Waals surface area contributed by atoms with Crippen LogP contribution in [0.5, 0.6) is 11.5 Å². The van der Waals surface area contributed by atoms with E-state index in [0.717, 1.165) is 32.8 Å². The quantitative estimate of drug-likeness (QED) is 0.711. The van der Waals surface area contributed by atoms with Crippen LogP contribution in [0, 0.1) is 0 Å². The van der Waals surface area contributed by atoms with Crippen molar-refractivity contribution in [3.63, 3.8) is 0 Å². The Morgan fingerprint density at radius 2 is 2.15 bits per heavy atom. The van der Waals surface area contributed by atoms with Crippen LogP contribution in [0.15, 0.2) is 18.2 Å². The molecule has 0 saturated carbocycles. The van der Waals surface area contributed by atoms with E-state index in [1.165, 1.54) is 24.1 Å². The molecule has 0 bridgehead atoms. The van der Waals surface area contributed by atoms with E-state index in [1.54, 1.807) is 6.07 Å². The molecule has 6 nitrogen and oxygen atoms in total. The molecule has 1 aliphatic rings. The van der Waals surface area contributed by atoms with Gasteiger partial charge in [0.05, 0.1) is 20.3 Å². The molecule has 2 N–H and O–H groups in total. The fraction of sp³-hybridized carbons (Fsp3) is 0.500. The van der Waals surface area contributed by atoms with Gasteiger partial charge in [-0.3, -0.25) is 0 Å². The molecule has 0 amide bonds. The van der Waals surface area contributed by atoms with Gasteiger partial charge in [0.1, 0.15) is 43.3 Å². The van der Waals surface area contributed by atoms with Gasteiger partial charge in [0.25, 0.3) is 0 Å². The third-order valence-corrected chi connectivity index (χ3v) is 3.31. The van der Waals surface area contributed by atoms with Gasteiger partial charge in [-0.25, -0.2) is 4.79 Å². The van der Waals surface area contributed by atoms with Crippen molar-refractivity contribution in [1.29, 1.82) is 0 Å². The number of esters is 1. The molecule has 6 heteroatoms. The van der Waals surface area contributed by atoms with Crippen LogP contribution < -0.4 is 9.64 Å². The van der Waals surface area contributed by atoms with Gasteiger partial charge >= 0.3 is 5.97 Å². The number of hydrogen-bond donors (Lipinski definition) is 2. The lowest BCUT2D eigenvalue weighted by Crippen LogP contribution is -3.14. The Balaban J connectivity index is 1.82. The Kier molecular flexibility index (Phi) is 5.20. The van der Waals surface area contributed by atoms with Crippen molar-refractivity contribution in [2.75, 3.05) is 46.6 Å². The summed E-state index contributed by atoms with van der Waals surface area (Å²) in [5.74, 6) is -0.150. The maximum Gasteiger partial charge on any atom is 0.342 e. The summed E-state index contributed by atoms with van der Waals surface area (Å²) in [7, 11) is 1.50. The number of carbonyl (C=O) groups excluding carboxylic acids is 1. The van der Waals surface area contributed by atoms with Crippen molar-refractivity contribution in [3.8, 4) is 11.5 Å². The zero-order chi connectivity index (χ0) is 14.4. The summed E-state index contributed by atoms with van der Waals surface area (Å²) in [6.07, 6.45) is 0. The van der Waals surface area contributed by atoms with Gasteiger partial charge in [0.15, 0.2) is 0 Å². The van der Waals surface area contributed by atoms with E-state index in [4.69, 9.17) is 14.2 Å². The van der Waals surface area contributed by atoms with Crippen molar-refractivity contribution >= 4 is 5.97 Å². The predicted octanol–water partition coefficient (Wildman–Crippen LogP) is -0.527. The van der Waals surface area contributed by atoms with Crippen LogP contribution in [-0.2, 0) is 9.47 Å². The Morgan fingerprint density at radius 3 is 2.80 bits per heavy atom. The molecular weight excluding hydrogens is 262 g/mol. The molecule has 1 aromatic rings. The van der Waals surface area contributed by atoms with Crippen LogP contribution in [0.2, 0.25) is 0 Å². The van der Waals surface area contributed by atoms with Gasteiger partial charge in [-0.1, -0.05) is 0 Å². The number of hydrogen-bond acceptors (Lipinski definition) is 5. The maximum absolute atomic E-state index is 11.8. The normalized spacial score (nSPS) is 15.8. The SMILES string of the molecule is COc1ccc(C(=O)OCC[NH+]2CCOCC2)c(O)c1. The zero-order valence-electron chi connectivity index (χ0n) is 11.6. The highest BCUT2D eigenvalue weighted by molar-refractivity contribution is 5.92. The third-order valence-electron chi connectivity index (χ3n) is 3.31. The smallest absolute Gasteiger partial charge is 0.342 e. The minimum atomic E-state index is -0.516. The van der Waals surface area contributed by atoms with Gasteiger partial charge < -0.3 is 24.2 Å². The molecule has 2 rings (SSSR count). The number of methoxy groups -OCH3 is 1. The van der Waals surface area contributed by atoms with Gasteiger partial charge in [-0.05, 0) is 12.1 Å². The largest absolute Gasteiger partial charge is 0.507 e. The van der Waals surface area contributed by atoms with Crippen molar-refractivity contribution < 1.29 is 29.0 Å². The molecule has 1 fully saturated rings. The van der Waals surface area contributed by atoms with Crippen molar-refractivity contribution in [1.82, 2.24) is 0 Å². The molecule has 110 valence electrons. The molecule has 0 unspecified atom stereocenters. The summed E-state index contributed by atoms with van der Waals surface area (Å²) in [5.41, 5.74) is 0.155. The summed E-state index contributed by atoms with van der Waals surface area (Å²) < 4.78 is 15.4. The Labute approximate surface area is 117 Å². The molecule has 1 saturated heterocycles. The highest BCUT2D eigenvalue weighted by Crippen LogP contribution is 2.23. The van der Waals surface area contributed by atoms with Crippen molar-refractivity contribution in [3.05, 3.63) is 23.8 Å². The third kappa shape index (κ3) is 3.85. The lowest BCUT2D eigenvalue weighted by Gasteiger charge is -2.23. The molecule has 20 heavy (non-hydrogen) atoms. The van der Waals surface area contributed by atoms with Crippen LogP contribution in [0.25, 0.3) is 0 Å². The Bertz CT molecular complexity index is 457. The van der Waals surface area contributed by atoms with Gasteiger partial charge in [0.2, 0.25) is 0 Å². The summed E-state index contributed by atoms with van der Waals surface area (Å²) >= 11 is 0. The Morgan fingerprint density at radius 1 is 1.40 bits per heavy atom. The number of nitrogens with one attached hydrogen (secondary N) is 1. The van der Waals surface area contributed by atoms with Crippen LogP contribution >= 0.6 is 0 Å². The first-order chi connectivity index (χ1) is 9.70. The highest BCUT2D eigenvalue weighted by Gasteiger charge is 2.16. The lowest BCUT2D eigenvalue weighted by atomic mass is 10.2. The molecule has 0 aliphatic carbocycles. The van der Waals surface area contributed by atoms with Crippen molar-refractivity contribution in [2.24, 2.45) is 0 Å². The Hall–Kier alpha value is -1.79. The number of ether oxygens (including phenoxy) is 3. The minimum Gasteiger partial charge on any atom is -0.507 e. The standard InChI is InChI=1S/C14H19NO5/c1-18-11-2-3-12(13(16)10-11)14(17)20-9-6-15-4-7-19-8-5-15/h2-3,10,16H,4-9H2,1H3/p+1. The number of benzene rings is 1. The molecule has 1 heterocycles. The fourth-order valence-corrected chi connectivity index (χ4v) is 2.09. The number of rotatable bonds is 5. The number of aromatic hydroxyl groups is 1. The summed E-state index contributed by atoms with van der Waals surface area (Å²) in [5, 5.41) is 9.74. The second kappa shape index (κ2) is 7.12. The number of phenolic OH excluding ortho intramolecular Hbond substituents is 1. The van der Waals surface area contributed by atoms with Crippen LogP contribution in [0.4, 0.5) is 0 Å². The van der Waals surface area contributed by atoms with E-state index < -0.39 is 5.97 Å². The van der Waals surface area contributed by atoms with E-state index in [0.29, 0.717) is 12.4 Å². The second-order valence-electron chi connectivity index (χ2n) is 4.63. The number of carbonyl (C=O) groups is 1. The van der Waals surface area contributed by atoms with Crippen LogP contribution in [0.1, 0.15) is 10.4 Å². The predicted molar refractivity (Wildman–Crippen MR) is 71.3 cm³/mol. The number of morpholine rings is 1. The first-order valence-electron chi connectivity index (χ1n) is 6.66. The average molecular weight is 282 g/mol. The molecule has 0 aromatic heterocycles. The maximum atomic E-state index is 11.8. The van der Waals surface area contributed by atoms with Gasteiger partial charge in [-0.2, -0.15) is 0 Å². The van der Waals surface area contributed by atoms with E-state index in [-0.39, 0.29) is 11.3 Å². The summed E-state index contributed by atoms with van der Waals surface area (Å²) in [6.45, 7) is 4.47. The highest BCUT2D eigenvalue weighted by atomic mass is 16.5. The summed E-state index contributed by atoms with van der Waals surface area (Å²) in [6, 6.07) is 4.51. The topological polar surface area (TPSA) is 69.4 Å². The molecule has 1 aromatic carbocycles. The van der Waals surface area contributed by atoms with Gasteiger partial charge in [0, 0.05) is 6.07 Å².